The summed E-state index contributed by atoms with van der Waals surface area (Å²) in [4.78, 5) is 22.9. The van der Waals surface area contributed by atoms with Gasteiger partial charge in [-0.05, 0) is 11.1 Å². The number of carbonyl (C=O) groups is 2. The van der Waals surface area contributed by atoms with E-state index in [0.29, 0.717) is 0 Å². The first-order valence-electron chi connectivity index (χ1n) is 7.79. The van der Waals surface area contributed by atoms with Crippen LogP contribution in [0.25, 0.3) is 0 Å². The van der Waals surface area contributed by atoms with Crippen LogP contribution in [0.4, 0.5) is 0 Å². The molecule has 0 aliphatic carbocycles. The van der Waals surface area contributed by atoms with Crippen LogP contribution in [0.3, 0.4) is 0 Å². The molecule has 25 heavy (non-hydrogen) atoms. The van der Waals surface area contributed by atoms with Crippen LogP contribution in [0.15, 0.2) is 60.7 Å². The molecule has 0 unspecified atom stereocenters. The van der Waals surface area contributed by atoms with E-state index in [0.717, 1.165) is 11.1 Å². The van der Waals surface area contributed by atoms with Crippen LogP contribution in [0, 0.1) is 0 Å². The number of halogens is 2. The number of benzene rings is 2. The van der Waals surface area contributed by atoms with E-state index in [9.17, 15) is 9.59 Å². The number of hydrogen-bond donors (Lipinski definition) is 0. The summed E-state index contributed by atoms with van der Waals surface area (Å²) in [5, 5.41) is 0. The van der Waals surface area contributed by atoms with Crippen LogP contribution < -0.4 is 0 Å². The molecule has 0 saturated heterocycles. The zero-order valence-corrected chi connectivity index (χ0v) is 15.0. The van der Waals surface area contributed by atoms with Crippen LogP contribution in [0.1, 0.15) is 30.1 Å². The fourth-order valence-electron chi connectivity index (χ4n) is 2.21. The third kappa shape index (κ3) is 6.77. The average Bonchev–Trinajstić information content (AvgIpc) is 2.64. The molecule has 0 bridgehead atoms. The quantitative estimate of drug-likeness (QED) is 0.501. The zero-order valence-electron chi connectivity index (χ0n) is 13.4. The molecule has 0 amide bonds. The molecular formula is C19H18Cl2O4. The van der Waals surface area contributed by atoms with E-state index in [1.54, 1.807) is 0 Å². The van der Waals surface area contributed by atoms with E-state index in [1.807, 2.05) is 60.7 Å². The molecular weight excluding hydrogens is 363 g/mol. The predicted octanol–water partition coefficient (Wildman–Crippen LogP) is 4.45. The van der Waals surface area contributed by atoms with Crippen molar-refractivity contribution >= 4 is 35.1 Å². The molecule has 2 rings (SSSR count). The summed E-state index contributed by atoms with van der Waals surface area (Å²) in [6.07, 6.45) is -0.694. The highest BCUT2D eigenvalue weighted by Gasteiger charge is 2.19. The van der Waals surface area contributed by atoms with Gasteiger partial charge in [0.1, 0.15) is 11.4 Å². The van der Waals surface area contributed by atoms with Gasteiger partial charge in [0, 0.05) is 0 Å². The molecule has 132 valence electrons. The lowest BCUT2D eigenvalue weighted by atomic mass is 10.0. The first-order valence-corrected chi connectivity index (χ1v) is 8.66. The fraction of sp³-hybridized carbons (Fsp3) is 0.263. The fourth-order valence-corrected chi connectivity index (χ4v) is 2.33. The molecule has 0 aliphatic rings. The van der Waals surface area contributed by atoms with Crippen LogP contribution in [-0.2, 0) is 19.1 Å². The number of carbonyl (C=O) groups excluding carboxylic acids is 2. The molecule has 2 aromatic carbocycles. The molecule has 0 radical (unpaired) electrons. The number of rotatable bonds is 8. The predicted molar refractivity (Wildman–Crippen MR) is 96.5 cm³/mol. The van der Waals surface area contributed by atoms with Crippen molar-refractivity contribution in [3.05, 3.63) is 71.8 Å². The first kappa shape index (κ1) is 19.3. The third-order valence-electron chi connectivity index (χ3n) is 3.36. The van der Waals surface area contributed by atoms with E-state index in [-0.39, 0.29) is 19.4 Å². The van der Waals surface area contributed by atoms with Crippen LogP contribution in [0.2, 0.25) is 0 Å². The monoisotopic (exact) mass is 380 g/mol. The number of esters is 2. The van der Waals surface area contributed by atoms with E-state index in [1.165, 1.54) is 0 Å². The van der Waals surface area contributed by atoms with Crippen molar-refractivity contribution < 1.29 is 19.1 Å². The molecule has 4 nitrogen and oxygen atoms in total. The minimum absolute atomic E-state index is 0.0791. The highest BCUT2D eigenvalue weighted by Crippen LogP contribution is 2.26. The second-order valence-electron chi connectivity index (χ2n) is 5.27. The highest BCUT2D eigenvalue weighted by atomic mass is 35.5. The van der Waals surface area contributed by atoms with Gasteiger partial charge in [-0.1, -0.05) is 60.7 Å². The summed E-state index contributed by atoms with van der Waals surface area (Å²) in [6.45, 7) is -0.104. The molecule has 0 N–H and O–H groups in total. The number of ether oxygens (including phenoxy) is 2. The van der Waals surface area contributed by atoms with Crippen molar-refractivity contribution in [1.82, 2.24) is 0 Å². The normalized spacial score (nSPS) is 10.7. The van der Waals surface area contributed by atoms with Crippen molar-refractivity contribution in [1.29, 1.82) is 0 Å². The summed E-state index contributed by atoms with van der Waals surface area (Å²) in [6, 6.07) is 18.9. The minimum atomic E-state index is -0.781. The van der Waals surface area contributed by atoms with Gasteiger partial charge in [0.2, 0.25) is 0 Å². The van der Waals surface area contributed by atoms with Gasteiger partial charge in [-0.15, -0.1) is 23.2 Å². The van der Waals surface area contributed by atoms with E-state index >= 15 is 0 Å². The van der Waals surface area contributed by atoms with Gasteiger partial charge in [0.05, 0.1) is 12.8 Å². The number of alkyl halides is 2. The Morgan fingerprint density at radius 2 is 1.28 bits per heavy atom. The summed E-state index contributed by atoms with van der Waals surface area (Å²) in [5.41, 5.74) is 1.72. The molecule has 2 aromatic rings. The van der Waals surface area contributed by atoms with Gasteiger partial charge >= 0.3 is 11.9 Å². The smallest absolute Gasteiger partial charge is 0.307 e. The maximum Gasteiger partial charge on any atom is 0.307 e. The van der Waals surface area contributed by atoms with E-state index < -0.39 is 22.9 Å². The van der Waals surface area contributed by atoms with Gasteiger partial charge in [-0.3, -0.25) is 9.59 Å². The van der Waals surface area contributed by atoms with Gasteiger partial charge in [0.15, 0.2) is 6.10 Å². The largest absolute Gasteiger partial charge is 0.463 e. The van der Waals surface area contributed by atoms with Crippen molar-refractivity contribution in [2.75, 3.05) is 6.61 Å². The molecule has 0 atom stereocenters. The van der Waals surface area contributed by atoms with Crippen LogP contribution >= 0.6 is 23.2 Å². The number of hydrogen-bond acceptors (Lipinski definition) is 4. The highest BCUT2D eigenvalue weighted by molar-refractivity contribution is 6.44. The van der Waals surface area contributed by atoms with Crippen molar-refractivity contribution in [2.24, 2.45) is 0 Å². The van der Waals surface area contributed by atoms with Crippen molar-refractivity contribution in [3.8, 4) is 0 Å². The van der Waals surface area contributed by atoms with Crippen molar-refractivity contribution in [3.63, 3.8) is 0 Å². The Morgan fingerprint density at radius 3 is 1.76 bits per heavy atom. The van der Waals surface area contributed by atoms with Gasteiger partial charge in [-0.2, -0.15) is 0 Å². The Hall–Kier alpha value is -2.04. The van der Waals surface area contributed by atoms with Crippen LogP contribution in [-0.4, -0.2) is 23.4 Å². The van der Waals surface area contributed by atoms with Crippen molar-refractivity contribution in [2.45, 2.75) is 23.8 Å². The van der Waals surface area contributed by atoms with Gasteiger partial charge in [0.25, 0.3) is 0 Å². The second-order valence-corrected chi connectivity index (χ2v) is 6.54. The van der Waals surface area contributed by atoms with Crippen LogP contribution in [0.5, 0.6) is 0 Å². The lowest BCUT2D eigenvalue weighted by Crippen LogP contribution is -2.16. The molecule has 0 saturated carbocycles. The molecule has 6 heteroatoms. The zero-order chi connectivity index (χ0) is 18.1. The average molecular weight is 381 g/mol. The summed E-state index contributed by atoms with van der Waals surface area (Å²) in [7, 11) is 0. The first-order chi connectivity index (χ1) is 12.1. The minimum Gasteiger partial charge on any atom is -0.463 e. The Balaban J connectivity index is 1.98. The lowest BCUT2D eigenvalue weighted by molar-refractivity contribution is -0.152. The Kier molecular flexibility index (Phi) is 7.76. The lowest BCUT2D eigenvalue weighted by Gasteiger charge is -2.19. The Morgan fingerprint density at radius 1 is 0.800 bits per heavy atom. The molecule has 0 aromatic heterocycles. The maximum absolute atomic E-state index is 12.2. The van der Waals surface area contributed by atoms with Gasteiger partial charge < -0.3 is 9.47 Å². The van der Waals surface area contributed by atoms with Gasteiger partial charge in [-0.25, -0.2) is 0 Å². The molecule has 0 fully saturated rings. The topological polar surface area (TPSA) is 52.6 Å². The summed E-state index contributed by atoms with van der Waals surface area (Å²) >= 11 is 11.0. The molecule has 0 heterocycles. The maximum atomic E-state index is 12.2. The standard InChI is InChI=1S/C19H18Cl2O4/c20-16(21)13-24-17(22)11-12-18(23)25-19(14-7-3-1-4-8-14)15-9-5-2-6-10-15/h1-10,16,19H,11-13H2. The summed E-state index contributed by atoms with van der Waals surface area (Å²) < 4.78 is 10.4. The second kappa shape index (κ2) is 10.1. The van der Waals surface area contributed by atoms with E-state index in [2.05, 4.69) is 0 Å². The molecule has 0 aliphatic heterocycles. The van der Waals surface area contributed by atoms with E-state index in [4.69, 9.17) is 32.7 Å². The SMILES string of the molecule is O=C(CCC(=O)OC(c1ccccc1)c1ccccc1)OCC(Cl)Cl. The summed E-state index contributed by atoms with van der Waals surface area (Å²) in [5.74, 6) is -1.03. The third-order valence-corrected chi connectivity index (χ3v) is 3.61. The molecule has 0 spiro atoms. The Bertz CT molecular complexity index is 635. The Labute approximate surface area is 156 Å².